The van der Waals surface area contributed by atoms with E-state index >= 15 is 0 Å². The van der Waals surface area contributed by atoms with Crippen molar-refractivity contribution < 1.29 is 23.8 Å². The maximum absolute atomic E-state index is 13.9. The molecule has 6 rings (SSSR count). The third-order valence-electron chi connectivity index (χ3n) is 10.7. The molecule has 3 aliphatic carbocycles. The molecule has 3 aliphatic rings. The van der Waals surface area contributed by atoms with Crippen LogP contribution in [0.25, 0.3) is 0 Å². The van der Waals surface area contributed by atoms with Gasteiger partial charge in [-0.05, 0) is 135 Å². The first-order valence-corrected chi connectivity index (χ1v) is 16.9. The Labute approximate surface area is 270 Å². The summed E-state index contributed by atoms with van der Waals surface area (Å²) in [5.41, 5.74) is 4.26. The molecule has 1 aromatic heterocycles. The largest absolute Gasteiger partial charge is 0.494 e. The van der Waals surface area contributed by atoms with Crippen molar-refractivity contribution in [2.75, 3.05) is 18.5 Å². The van der Waals surface area contributed by atoms with E-state index in [0.717, 1.165) is 50.0 Å². The molecule has 45 heavy (non-hydrogen) atoms. The summed E-state index contributed by atoms with van der Waals surface area (Å²) in [5, 5.41) is 13.7. The van der Waals surface area contributed by atoms with Crippen molar-refractivity contribution in [2.24, 2.45) is 11.8 Å². The average Bonchev–Trinajstić information content (AvgIpc) is 3.31. The Hall–Kier alpha value is -3.32. The Kier molecular flexibility index (Phi) is 9.02. The Morgan fingerprint density at radius 3 is 2.69 bits per heavy atom. The predicted molar refractivity (Wildman–Crippen MR) is 175 cm³/mol. The number of rotatable bonds is 10. The number of aliphatic carboxylic acids is 1. The summed E-state index contributed by atoms with van der Waals surface area (Å²) in [4.78, 5) is 17.5. The van der Waals surface area contributed by atoms with E-state index in [-0.39, 0.29) is 10.4 Å². The van der Waals surface area contributed by atoms with Crippen LogP contribution in [0.2, 0.25) is 5.02 Å². The van der Waals surface area contributed by atoms with E-state index in [2.05, 4.69) is 42.3 Å². The summed E-state index contributed by atoms with van der Waals surface area (Å²) < 4.78 is 26.3. The van der Waals surface area contributed by atoms with Crippen LogP contribution in [0.4, 0.5) is 10.1 Å². The molecule has 0 aliphatic heterocycles. The molecule has 1 fully saturated rings. The lowest BCUT2D eigenvalue weighted by molar-refractivity contribution is -0.144. The van der Waals surface area contributed by atoms with Gasteiger partial charge in [0.1, 0.15) is 22.9 Å². The Balaban J connectivity index is 1.23. The summed E-state index contributed by atoms with van der Waals surface area (Å²) in [7, 11) is 0. The molecule has 1 spiro atoms. The number of halogens is 2. The number of hydrogen-bond donors (Lipinski definition) is 2. The molecule has 2 N–H and O–H groups in total. The first kappa shape index (κ1) is 31.7. The van der Waals surface area contributed by atoms with Crippen molar-refractivity contribution in [3.05, 3.63) is 81.9 Å². The fourth-order valence-electron chi connectivity index (χ4n) is 8.34. The van der Waals surface area contributed by atoms with Gasteiger partial charge in [-0.1, -0.05) is 31.5 Å². The van der Waals surface area contributed by atoms with E-state index < -0.39 is 17.3 Å². The average molecular weight is 635 g/mol. The zero-order valence-corrected chi connectivity index (χ0v) is 27.3. The van der Waals surface area contributed by atoms with Gasteiger partial charge in [0.15, 0.2) is 0 Å². The molecule has 0 amide bonds. The third kappa shape index (κ3) is 6.13. The van der Waals surface area contributed by atoms with Crippen LogP contribution in [0.3, 0.4) is 0 Å². The lowest BCUT2D eigenvalue weighted by atomic mass is 9.59. The number of anilines is 1. The number of benzene rings is 2. The number of carboxylic acids is 1. The molecule has 6 nitrogen and oxygen atoms in total. The SMILES string of the molecule is CCOc1ccc2c(c1)C1(CCC(Nc3ccc(F)c(Cl)c3)(C(=O)O)CC1)[C@@H](C[C@@H](C)COc1ccnc3c1[C@H](C)CCC3)C2. The molecule has 0 unspecified atom stereocenters. The molecule has 0 radical (unpaired) electrons. The Morgan fingerprint density at radius 1 is 1.16 bits per heavy atom. The summed E-state index contributed by atoms with van der Waals surface area (Å²) in [5.74, 6) is 1.52. The number of nitrogens with zero attached hydrogens (tertiary/aromatic N) is 1. The monoisotopic (exact) mass is 634 g/mol. The second kappa shape index (κ2) is 12.8. The topological polar surface area (TPSA) is 80.7 Å². The number of aryl methyl sites for hydroxylation is 1. The normalized spacial score (nSPS) is 26.2. The van der Waals surface area contributed by atoms with Gasteiger partial charge in [0.05, 0.1) is 18.2 Å². The highest BCUT2D eigenvalue weighted by Crippen LogP contribution is 2.56. The van der Waals surface area contributed by atoms with E-state index in [9.17, 15) is 14.3 Å². The highest BCUT2D eigenvalue weighted by atomic mass is 35.5. The summed E-state index contributed by atoms with van der Waals surface area (Å²) in [6, 6.07) is 12.8. The van der Waals surface area contributed by atoms with Gasteiger partial charge < -0.3 is 19.9 Å². The molecule has 3 aromatic rings. The van der Waals surface area contributed by atoms with E-state index in [1.807, 2.05) is 19.2 Å². The van der Waals surface area contributed by atoms with Gasteiger partial charge in [-0.15, -0.1) is 0 Å². The lowest BCUT2D eigenvalue weighted by Gasteiger charge is -2.47. The number of aromatic nitrogens is 1. The number of carbonyl (C=O) groups is 1. The van der Waals surface area contributed by atoms with Gasteiger partial charge >= 0.3 is 5.97 Å². The molecule has 1 heterocycles. The van der Waals surface area contributed by atoms with Crippen LogP contribution in [0, 0.1) is 17.7 Å². The van der Waals surface area contributed by atoms with E-state index in [4.69, 9.17) is 21.1 Å². The maximum Gasteiger partial charge on any atom is 0.329 e. The molecule has 240 valence electrons. The van der Waals surface area contributed by atoms with Crippen LogP contribution in [0.15, 0.2) is 48.7 Å². The molecule has 2 aromatic carbocycles. The fraction of sp³-hybridized carbons (Fsp3) is 0.514. The quantitative estimate of drug-likeness (QED) is 0.232. The number of hydrogen-bond acceptors (Lipinski definition) is 5. The van der Waals surface area contributed by atoms with Crippen molar-refractivity contribution in [1.29, 1.82) is 0 Å². The fourth-order valence-corrected chi connectivity index (χ4v) is 8.52. The minimum atomic E-state index is -1.16. The standard InChI is InChI=1S/C37H44ClFN2O4/c1-4-44-28-10-8-25-19-26(18-23(2)22-45-33-12-17-40-32-7-5-6-24(3)34(32)33)36(29(25)21-28)13-15-37(16-14-36,35(42)43)41-27-9-11-31(39)30(38)20-27/h8-12,17,20-21,23-24,26,41H,4-7,13-16,18-19,22H2,1-3H3,(H,42,43)/t23-,24-,26+,36?,37?/m1/s1. The smallest absolute Gasteiger partial charge is 0.329 e. The number of carboxylic acid groups (broad SMARTS) is 1. The molecule has 0 bridgehead atoms. The summed E-state index contributed by atoms with van der Waals surface area (Å²) >= 11 is 6.04. The second-order valence-electron chi connectivity index (χ2n) is 13.6. The van der Waals surface area contributed by atoms with Crippen LogP contribution in [-0.2, 0) is 23.1 Å². The molecule has 3 atom stereocenters. The van der Waals surface area contributed by atoms with Gasteiger partial charge in [0, 0.05) is 23.1 Å². The molecule has 0 saturated heterocycles. The number of nitrogens with one attached hydrogen (secondary N) is 1. The lowest BCUT2D eigenvalue weighted by Crippen LogP contribution is -2.53. The second-order valence-corrected chi connectivity index (χ2v) is 14.0. The Morgan fingerprint density at radius 2 is 1.96 bits per heavy atom. The van der Waals surface area contributed by atoms with E-state index in [1.165, 1.54) is 40.9 Å². The predicted octanol–water partition coefficient (Wildman–Crippen LogP) is 8.74. The highest BCUT2D eigenvalue weighted by Gasteiger charge is 2.54. The zero-order chi connectivity index (χ0) is 31.8. The number of ether oxygens (including phenoxy) is 2. The highest BCUT2D eigenvalue weighted by molar-refractivity contribution is 6.31. The van der Waals surface area contributed by atoms with Gasteiger partial charge in [-0.25, -0.2) is 9.18 Å². The van der Waals surface area contributed by atoms with Crippen molar-refractivity contribution in [1.82, 2.24) is 4.98 Å². The minimum Gasteiger partial charge on any atom is -0.494 e. The van der Waals surface area contributed by atoms with E-state index in [1.54, 1.807) is 6.07 Å². The summed E-state index contributed by atoms with van der Waals surface area (Å²) in [6.07, 6.45) is 9.48. The van der Waals surface area contributed by atoms with Crippen LogP contribution in [0.5, 0.6) is 11.5 Å². The minimum absolute atomic E-state index is 0.0287. The zero-order valence-electron chi connectivity index (χ0n) is 26.5. The van der Waals surface area contributed by atoms with Crippen LogP contribution >= 0.6 is 11.6 Å². The van der Waals surface area contributed by atoms with Crippen LogP contribution in [-0.4, -0.2) is 34.8 Å². The summed E-state index contributed by atoms with van der Waals surface area (Å²) in [6.45, 7) is 7.74. The van der Waals surface area contributed by atoms with Crippen LogP contribution < -0.4 is 14.8 Å². The van der Waals surface area contributed by atoms with Crippen LogP contribution in [0.1, 0.15) is 94.0 Å². The van der Waals surface area contributed by atoms with Crippen molar-refractivity contribution in [3.8, 4) is 11.5 Å². The number of fused-ring (bicyclic) bond motifs is 3. The van der Waals surface area contributed by atoms with Gasteiger partial charge in [0.2, 0.25) is 0 Å². The molecular formula is C37H44ClFN2O4. The van der Waals surface area contributed by atoms with Gasteiger partial charge in [-0.3, -0.25) is 4.98 Å². The van der Waals surface area contributed by atoms with Gasteiger partial charge in [-0.2, -0.15) is 0 Å². The molecule has 8 heteroatoms. The van der Waals surface area contributed by atoms with Crippen molar-refractivity contribution in [2.45, 2.75) is 95.4 Å². The molecule has 1 saturated carbocycles. The van der Waals surface area contributed by atoms with E-state index in [0.29, 0.717) is 49.5 Å². The molecular weight excluding hydrogens is 591 g/mol. The van der Waals surface area contributed by atoms with Crippen molar-refractivity contribution >= 4 is 23.3 Å². The first-order valence-electron chi connectivity index (χ1n) is 16.5. The maximum atomic E-state index is 13.9. The third-order valence-corrected chi connectivity index (χ3v) is 11.0. The Bertz CT molecular complexity index is 1550. The number of pyridine rings is 1. The van der Waals surface area contributed by atoms with Crippen molar-refractivity contribution in [3.63, 3.8) is 0 Å². The van der Waals surface area contributed by atoms with Gasteiger partial charge in [0.25, 0.3) is 0 Å². The first-order chi connectivity index (χ1) is 21.6.